The van der Waals surface area contributed by atoms with E-state index in [-0.39, 0.29) is 24.3 Å². The van der Waals surface area contributed by atoms with Crippen LogP contribution in [0, 0.1) is 0 Å². The van der Waals surface area contributed by atoms with Crippen LogP contribution in [0.4, 0.5) is 0 Å². The molecule has 1 amide bonds. The Morgan fingerprint density at radius 1 is 0.941 bits per heavy atom. The maximum absolute atomic E-state index is 12.3. The van der Waals surface area contributed by atoms with Crippen LogP contribution in [-0.2, 0) is 30.7 Å². The highest BCUT2D eigenvalue weighted by Gasteiger charge is 2.13. The number of rotatable bonds is 12. The molecule has 0 radical (unpaired) electrons. The fourth-order valence-electron chi connectivity index (χ4n) is 3.90. The summed E-state index contributed by atoms with van der Waals surface area (Å²) in [7, 11) is 0. The molecule has 0 fully saturated rings. The quantitative estimate of drug-likeness (QED) is 0.285. The standard InChI is InChI=1S/C28H34N2O4/c1-20(30-18-27(33)24-10-11-26(32)25(17-24)19-31)14-22-8-5-9-23(15-22)16-28(34)29-13-12-21-6-3-2-4-7-21/h2-11,15,17,20,27,30-33H,12-14,16,18-19H2,1H3,(H,29,34). The molecular weight excluding hydrogens is 428 g/mol. The van der Waals surface area contributed by atoms with Crippen molar-refractivity contribution >= 4 is 5.91 Å². The molecule has 3 aromatic rings. The molecule has 3 rings (SSSR count). The van der Waals surface area contributed by atoms with Gasteiger partial charge >= 0.3 is 0 Å². The smallest absolute Gasteiger partial charge is 0.224 e. The Labute approximate surface area is 201 Å². The molecule has 6 heteroatoms. The van der Waals surface area contributed by atoms with Crippen molar-refractivity contribution < 1.29 is 20.1 Å². The number of benzene rings is 3. The molecule has 34 heavy (non-hydrogen) atoms. The van der Waals surface area contributed by atoms with E-state index in [9.17, 15) is 20.1 Å². The van der Waals surface area contributed by atoms with Gasteiger partial charge in [-0.25, -0.2) is 0 Å². The number of phenols is 1. The van der Waals surface area contributed by atoms with Crippen LogP contribution in [0.25, 0.3) is 0 Å². The first-order valence-electron chi connectivity index (χ1n) is 11.7. The average molecular weight is 463 g/mol. The molecule has 0 aromatic heterocycles. The zero-order valence-electron chi connectivity index (χ0n) is 19.6. The van der Waals surface area contributed by atoms with Crippen molar-refractivity contribution in [3.05, 3.63) is 101 Å². The largest absolute Gasteiger partial charge is 0.508 e. The van der Waals surface area contributed by atoms with E-state index in [2.05, 4.69) is 28.8 Å². The summed E-state index contributed by atoms with van der Waals surface area (Å²) in [5.41, 5.74) is 4.34. The zero-order chi connectivity index (χ0) is 24.3. The van der Waals surface area contributed by atoms with E-state index in [1.807, 2.05) is 43.3 Å². The highest BCUT2D eigenvalue weighted by Crippen LogP contribution is 2.22. The van der Waals surface area contributed by atoms with Gasteiger partial charge in [-0.15, -0.1) is 0 Å². The molecule has 0 saturated carbocycles. The third kappa shape index (κ3) is 7.99. The second-order valence-electron chi connectivity index (χ2n) is 8.66. The number of amides is 1. The predicted molar refractivity (Wildman–Crippen MR) is 133 cm³/mol. The molecule has 180 valence electrons. The number of hydrogen-bond acceptors (Lipinski definition) is 5. The lowest BCUT2D eigenvalue weighted by atomic mass is 10.0. The first kappa shape index (κ1) is 25.4. The summed E-state index contributed by atoms with van der Waals surface area (Å²) in [5, 5.41) is 35.8. The Balaban J connectivity index is 1.44. The number of carbonyl (C=O) groups excluding carboxylic acids is 1. The van der Waals surface area contributed by atoms with E-state index >= 15 is 0 Å². The second-order valence-corrected chi connectivity index (χ2v) is 8.66. The Hall–Kier alpha value is -3.19. The molecule has 5 N–H and O–H groups in total. The summed E-state index contributed by atoms with van der Waals surface area (Å²) in [5.74, 6) is 0.0306. The molecule has 6 nitrogen and oxygen atoms in total. The van der Waals surface area contributed by atoms with Gasteiger partial charge in [-0.05, 0) is 54.2 Å². The molecule has 3 aromatic carbocycles. The second kappa shape index (κ2) is 12.9. The molecule has 0 aliphatic carbocycles. The van der Waals surface area contributed by atoms with Gasteiger partial charge in [-0.1, -0.05) is 60.7 Å². The Bertz CT molecular complexity index is 1060. The van der Waals surface area contributed by atoms with Crippen LogP contribution < -0.4 is 10.6 Å². The van der Waals surface area contributed by atoms with E-state index in [1.165, 1.54) is 11.6 Å². The molecule has 0 heterocycles. The van der Waals surface area contributed by atoms with Gasteiger partial charge in [0.1, 0.15) is 5.75 Å². The first-order valence-corrected chi connectivity index (χ1v) is 11.7. The minimum atomic E-state index is -0.751. The Morgan fingerprint density at radius 3 is 2.44 bits per heavy atom. The summed E-state index contributed by atoms with van der Waals surface area (Å²) < 4.78 is 0. The lowest BCUT2D eigenvalue weighted by molar-refractivity contribution is -0.120. The zero-order valence-corrected chi connectivity index (χ0v) is 19.6. The van der Waals surface area contributed by atoms with E-state index in [4.69, 9.17) is 0 Å². The molecule has 0 aliphatic rings. The van der Waals surface area contributed by atoms with E-state index in [0.29, 0.717) is 30.6 Å². The fourth-order valence-corrected chi connectivity index (χ4v) is 3.90. The third-order valence-corrected chi connectivity index (χ3v) is 5.79. The topological polar surface area (TPSA) is 102 Å². The third-order valence-electron chi connectivity index (χ3n) is 5.79. The number of hydrogen-bond donors (Lipinski definition) is 5. The Kier molecular flexibility index (Phi) is 9.64. The van der Waals surface area contributed by atoms with Crippen molar-refractivity contribution in [1.82, 2.24) is 10.6 Å². The van der Waals surface area contributed by atoms with Crippen molar-refractivity contribution in [2.45, 2.75) is 44.9 Å². The van der Waals surface area contributed by atoms with Crippen LogP contribution in [-0.4, -0.2) is 40.4 Å². The van der Waals surface area contributed by atoms with Crippen molar-refractivity contribution in [2.24, 2.45) is 0 Å². The number of carbonyl (C=O) groups is 1. The van der Waals surface area contributed by atoms with Crippen LogP contribution in [0.15, 0.2) is 72.8 Å². The minimum Gasteiger partial charge on any atom is -0.508 e. The van der Waals surface area contributed by atoms with Crippen molar-refractivity contribution in [2.75, 3.05) is 13.1 Å². The maximum Gasteiger partial charge on any atom is 0.224 e. The van der Waals surface area contributed by atoms with Gasteiger partial charge in [0.25, 0.3) is 0 Å². The van der Waals surface area contributed by atoms with Gasteiger partial charge in [0.2, 0.25) is 5.91 Å². The molecular formula is C28H34N2O4. The monoisotopic (exact) mass is 462 g/mol. The van der Waals surface area contributed by atoms with Gasteiger partial charge in [0, 0.05) is 24.7 Å². The van der Waals surface area contributed by atoms with Crippen LogP contribution in [0.5, 0.6) is 5.75 Å². The van der Waals surface area contributed by atoms with Crippen molar-refractivity contribution in [3.63, 3.8) is 0 Å². The lowest BCUT2D eigenvalue weighted by Gasteiger charge is -2.18. The van der Waals surface area contributed by atoms with E-state index in [0.717, 1.165) is 24.0 Å². The SMILES string of the molecule is CC(Cc1cccc(CC(=O)NCCc2ccccc2)c1)NCC(O)c1ccc(O)c(CO)c1. The lowest BCUT2D eigenvalue weighted by Crippen LogP contribution is -2.32. The predicted octanol–water partition coefficient (Wildman–Crippen LogP) is 3.04. The molecule has 0 bridgehead atoms. The first-order chi connectivity index (χ1) is 16.4. The minimum absolute atomic E-state index is 0.0125. The molecule has 0 spiro atoms. The van der Waals surface area contributed by atoms with Crippen LogP contribution >= 0.6 is 0 Å². The molecule has 0 aliphatic heterocycles. The van der Waals surface area contributed by atoms with Gasteiger partial charge in [-0.3, -0.25) is 4.79 Å². The van der Waals surface area contributed by atoms with E-state index < -0.39 is 6.10 Å². The van der Waals surface area contributed by atoms with E-state index in [1.54, 1.807) is 12.1 Å². The number of aliphatic hydroxyl groups is 2. The molecule has 0 saturated heterocycles. The van der Waals surface area contributed by atoms with Gasteiger partial charge in [0.05, 0.1) is 19.1 Å². The van der Waals surface area contributed by atoms with Crippen LogP contribution in [0.1, 0.15) is 40.8 Å². The number of nitrogens with one attached hydrogen (secondary N) is 2. The van der Waals surface area contributed by atoms with Crippen LogP contribution in [0.2, 0.25) is 0 Å². The van der Waals surface area contributed by atoms with Gasteiger partial charge < -0.3 is 26.0 Å². The molecule has 2 atom stereocenters. The summed E-state index contributed by atoms with van der Waals surface area (Å²) >= 11 is 0. The van der Waals surface area contributed by atoms with Gasteiger partial charge in [-0.2, -0.15) is 0 Å². The summed E-state index contributed by atoms with van der Waals surface area (Å²) in [4.78, 5) is 12.3. The Morgan fingerprint density at radius 2 is 1.68 bits per heavy atom. The average Bonchev–Trinajstić information content (AvgIpc) is 2.83. The summed E-state index contributed by atoms with van der Waals surface area (Å²) in [6, 6.07) is 23.0. The highest BCUT2D eigenvalue weighted by molar-refractivity contribution is 5.78. The maximum atomic E-state index is 12.3. The highest BCUT2D eigenvalue weighted by atomic mass is 16.3. The van der Waals surface area contributed by atoms with Crippen molar-refractivity contribution in [1.29, 1.82) is 0 Å². The number of aliphatic hydroxyl groups excluding tert-OH is 2. The molecule has 2 unspecified atom stereocenters. The fraction of sp³-hybridized carbons (Fsp3) is 0.321. The number of aromatic hydroxyl groups is 1. The van der Waals surface area contributed by atoms with Crippen molar-refractivity contribution in [3.8, 4) is 5.75 Å². The van der Waals surface area contributed by atoms with Crippen LogP contribution in [0.3, 0.4) is 0 Å². The normalized spacial score (nSPS) is 12.8. The van der Waals surface area contributed by atoms with Gasteiger partial charge in [0.15, 0.2) is 0 Å². The summed E-state index contributed by atoms with van der Waals surface area (Å²) in [6.07, 6.45) is 1.16. The summed E-state index contributed by atoms with van der Waals surface area (Å²) in [6.45, 7) is 2.73.